The number of hydrogen-bond donors (Lipinski definition) is 1. The molecule has 2 aliphatic rings. The van der Waals surface area contributed by atoms with Crippen LogP contribution in [-0.2, 0) is 6.54 Å². The first-order valence-electron chi connectivity index (χ1n) is 7.35. The lowest BCUT2D eigenvalue weighted by molar-refractivity contribution is -0.384. The van der Waals surface area contributed by atoms with E-state index in [1.807, 2.05) is 6.07 Å². The van der Waals surface area contributed by atoms with Gasteiger partial charge in [-0.1, -0.05) is 18.6 Å². The molecule has 0 aromatic heterocycles. The minimum atomic E-state index is -0.330. The van der Waals surface area contributed by atoms with Gasteiger partial charge in [-0.15, -0.1) is 12.4 Å². The van der Waals surface area contributed by atoms with E-state index in [9.17, 15) is 10.1 Å². The molecule has 6 heteroatoms. The van der Waals surface area contributed by atoms with Gasteiger partial charge in [0.05, 0.1) is 4.92 Å². The quantitative estimate of drug-likeness (QED) is 0.688. The summed E-state index contributed by atoms with van der Waals surface area (Å²) in [5.41, 5.74) is 7.42. The van der Waals surface area contributed by atoms with Crippen molar-refractivity contribution < 1.29 is 4.92 Å². The van der Waals surface area contributed by atoms with E-state index in [0.717, 1.165) is 37.5 Å². The Morgan fingerprint density at radius 2 is 2.14 bits per heavy atom. The van der Waals surface area contributed by atoms with Crippen LogP contribution < -0.4 is 5.73 Å². The van der Waals surface area contributed by atoms with Gasteiger partial charge in [-0.25, -0.2) is 0 Å². The van der Waals surface area contributed by atoms with Gasteiger partial charge < -0.3 is 5.73 Å². The molecule has 0 spiro atoms. The van der Waals surface area contributed by atoms with Crippen LogP contribution in [0.3, 0.4) is 0 Å². The number of halogens is 1. The van der Waals surface area contributed by atoms with Crippen LogP contribution in [0.2, 0.25) is 0 Å². The van der Waals surface area contributed by atoms with Gasteiger partial charge in [-0.05, 0) is 30.2 Å². The Bertz CT molecular complexity index is 511. The van der Waals surface area contributed by atoms with E-state index in [1.54, 1.807) is 18.2 Å². The number of nitrogens with zero attached hydrogens (tertiary/aromatic N) is 2. The Morgan fingerprint density at radius 1 is 1.33 bits per heavy atom. The fourth-order valence-corrected chi connectivity index (χ4v) is 3.76. The molecule has 1 aliphatic heterocycles. The Labute approximate surface area is 131 Å². The second kappa shape index (κ2) is 6.73. The zero-order valence-corrected chi connectivity index (χ0v) is 12.8. The molecule has 1 aromatic carbocycles. The van der Waals surface area contributed by atoms with Crippen LogP contribution in [0.5, 0.6) is 0 Å². The average Bonchev–Trinajstić information content (AvgIpc) is 2.83. The molecule has 3 rings (SSSR count). The summed E-state index contributed by atoms with van der Waals surface area (Å²) in [7, 11) is 0. The van der Waals surface area contributed by atoms with Gasteiger partial charge in [-0.2, -0.15) is 0 Å². The summed E-state index contributed by atoms with van der Waals surface area (Å²) in [6.45, 7) is 2.91. The second-order valence-electron chi connectivity index (χ2n) is 6.14. The zero-order chi connectivity index (χ0) is 14.1. The maximum absolute atomic E-state index is 10.8. The average molecular weight is 312 g/mol. The molecule has 5 nitrogen and oxygen atoms in total. The Balaban J connectivity index is 0.00000161. The summed E-state index contributed by atoms with van der Waals surface area (Å²) in [5.74, 6) is 1.33. The van der Waals surface area contributed by atoms with Gasteiger partial charge in [0.25, 0.3) is 5.69 Å². The van der Waals surface area contributed by atoms with E-state index in [-0.39, 0.29) is 23.0 Å². The highest BCUT2D eigenvalue weighted by atomic mass is 35.5. The van der Waals surface area contributed by atoms with Crippen molar-refractivity contribution in [3.63, 3.8) is 0 Å². The third kappa shape index (κ3) is 3.54. The SMILES string of the molecule is Cl.NC1CCCC2CN(Cc3cccc([N+](=O)[O-])c3)CC12. The lowest BCUT2D eigenvalue weighted by Crippen LogP contribution is -2.38. The molecule has 21 heavy (non-hydrogen) atoms. The Hall–Kier alpha value is -1.17. The maximum atomic E-state index is 10.8. The first kappa shape index (κ1) is 16.2. The van der Waals surface area contributed by atoms with Crippen LogP contribution in [0.4, 0.5) is 5.69 Å². The van der Waals surface area contributed by atoms with Crippen molar-refractivity contribution in [1.29, 1.82) is 0 Å². The van der Waals surface area contributed by atoms with Crippen LogP contribution in [0.1, 0.15) is 24.8 Å². The standard InChI is InChI=1S/C15H21N3O2.ClH/c16-15-6-2-4-12-9-17(10-14(12)15)8-11-3-1-5-13(7-11)18(19)20;/h1,3,5,7,12,14-15H,2,4,6,8-10,16H2;1H. The molecule has 0 amide bonds. The molecule has 3 unspecified atom stereocenters. The first-order valence-corrected chi connectivity index (χ1v) is 7.35. The predicted molar refractivity (Wildman–Crippen MR) is 84.4 cm³/mol. The van der Waals surface area contributed by atoms with Gasteiger partial charge in [0.15, 0.2) is 0 Å². The Morgan fingerprint density at radius 3 is 2.86 bits per heavy atom. The van der Waals surface area contributed by atoms with Gasteiger partial charge in [-0.3, -0.25) is 15.0 Å². The molecule has 3 atom stereocenters. The van der Waals surface area contributed by atoms with Crippen molar-refractivity contribution in [2.24, 2.45) is 17.6 Å². The minimum Gasteiger partial charge on any atom is -0.327 e. The van der Waals surface area contributed by atoms with Crippen molar-refractivity contribution in [2.75, 3.05) is 13.1 Å². The lowest BCUT2D eigenvalue weighted by Gasteiger charge is -2.29. The topological polar surface area (TPSA) is 72.4 Å². The summed E-state index contributed by atoms with van der Waals surface area (Å²) in [6, 6.07) is 7.30. The fourth-order valence-electron chi connectivity index (χ4n) is 3.76. The molecule has 0 radical (unpaired) electrons. The van der Waals surface area contributed by atoms with Gasteiger partial charge in [0.2, 0.25) is 0 Å². The summed E-state index contributed by atoms with van der Waals surface area (Å²) < 4.78 is 0. The molecule has 2 fully saturated rings. The third-order valence-electron chi connectivity index (χ3n) is 4.76. The molecular weight excluding hydrogens is 290 g/mol. The highest BCUT2D eigenvalue weighted by Crippen LogP contribution is 2.36. The van der Waals surface area contributed by atoms with Crippen LogP contribution in [0, 0.1) is 22.0 Å². The molecule has 1 aliphatic carbocycles. The van der Waals surface area contributed by atoms with Gasteiger partial charge in [0, 0.05) is 37.8 Å². The number of likely N-dealkylation sites (tertiary alicyclic amines) is 1. The maximum Gasteiger partial charge on any atom is 0.269 e. The zero-order valence-electron chi connectivity index (χ0n) is 12.0. The number of benzene rings is 1. The van der Waals surface area contributed by atoms with E-state index >= 15 is 0 Å². The molecule has 1 heterocycles. The summed E-state index contributed by atoms with van der Waals surface area (Å²) in [5, 5.41) is 10.8. The monoisotopic (exact) mass is 311 g/mol. The number of nitro benzene ring substituents is 1. The highest BCUT2D eigenvalue weighted by molar-refractivity contribution is 5.85. The van der Waals surface area contributed by atoms with E-state index in [4.69, 9.17) is 5.73 Å². The fraction of sp³-hybridized carbons (Fsp3) is 0.600. The van der Waals surface area contributed by atoms with Gasteiger partial charge >= 0.3 is 0 Å². The normalized spacial score (nSPS) is 28.7. The number of rotatable bonds is 3. The number of fused-ring (bicyclic) bond motifs is 1. The summed E-state index contributed by atoms with van der Waals surface area (Å²) in [4.78, 5) is 12.9. The third-order valence-corrected chi connectivity index (χ3v) is 4.76. The first-order chi connectivity index (χ1) is 9.63. The smallest absolute Gasteiger partial charge is 0.269 e. The molecule has 116 valence electrons. The molecule has 2 N–H and O–H groups in total. The molecule has 1 aromatic rings. The summed E-state index contributed by atoms with van der Waals surface area (Å²) >= 11 is 0. The van der Waals surface area contributed by atoms with Crippen molar-refractivity contribution in [2.45, 2.75) is 31.8 Å². The van der Waals surface area contributed by atoms with Crippen molar-refractivity contribution in [3.05, 3.63) is 39.9 Å². The Kier molecular flexibility index (Phi) is 5.19. The predicted octanol–water partition coefficient (Wildman–Crippen LogP) is 2.58. The highest BCUT2D eigenvalue weighted by Gasteiger charge is 2.38. The van der Waals surface area contributed by atoms with E-state index in [1.165, 1.54) is 12.8 Å². The largest absolute Gasteiger partial charge is 0.327 e. The summed E-state index contributed by atoms with van der Waals surface area (Å²) in [6.07, 6.45) is 3.67. The van der Waals surface area contributed by atoms with Crippen LogP contribution in [-0.4, -0.2) is 29.0 Å². The number of nitrogens with two attached hydrogens (primary N) is 1. The number of hydrogen-bond acceptors (Lipinski definition) is 4. The van der Waals surface area contributed by atoms with Gasteiger partial charge in [0.1, 0.15) is 0 Å². The molecule has 0 bridgehead atoms. The van der Waals surface area contributed by atoms with Crippen LogP contribution in [0.25, 0.3) is 0 Å². The lowest BCUT2D eigenvalue weighted by atomic mass is 9.78. The van der Waals surface area contributed by atoms with E-state index < -0.39 is 0 Å². The molecular formula is C15H22ClN3O2. The molecule has 1 saturated carbocycles. The van der Waals surface area contributed by atoms with Crippen LogP contribution >= 0.6 is 12.4 Å². The van der Waals surface area contributed by atoms with E-state index in [2.05, 4.69) is 4.90 Å². The van der Waals surface area contributed by atoms with Crippen molar-refractivity contribution >= 4 is 18.1 Å². The second-order valence-corrected chi connectivity index (χ2v) is 6.14. The van der Waals surface area contributed by atoms with Crippen molar-refractivity contribution in [1.82, 2.24) is 4.90 Å². The number of non-ortho nitro benzene ring substituents is 1. The van der Waals surface area contributed by atoms with Crippen LogP contribution in [0.15, 0.2) is 24.3 Å². The number of nitro groups is 1. The minimum absolute atomic E-state index is 0. The van der Waals surface area contributed by atoms with E-state index in [0.29, 0.717) is 12.0 Å². The molecule has 1 saturated heterocycles. The van der Waals surface area contributed by atoms with Crippen molar-refractivity contribution in [3.8, 4) is 0 Å².